The van der Waals surface area contributed by atoms with Crippen molar-refractivity contribution in [1.29, 1.82) is 5.26 Å². The van der Waals surface area contributed by atoms with Crippen LogP contribution in [0.5, 0.6) is 5.75 Å². The summed E-state index contributed by atoms with van der Waals surface area (Å²) in [6.45, 7) is -0.264. The predicted molar refractivity (Wildman–Crippen MR) is 64.7 cm³/mol. The zero-order chi connectivity index (χ0) is 15.5. The monoisotopic (exact) mass is 296 g/mol. The molecule has 0 aliphatic rings. The van der Waals surface area contributed by atoms with Gasteiger partial charge in [-0.25, -0.2) is 4.39 Å². The van der Waals surface area contributed by atoms with Crippen LogP contribution < -0.4 is 4.74 Å². The van der Waals surface area contributed by atoms with Gasteiger partial charge in [0.05, 0.1) is 23.4 Å². The Morgan fingerprint density at radius 3 is 2.57 bits per heavy atom. The predicted octanol–water partition coefficient (Wildman–Crippen LogP) is 3.69. The van der Waals surface area contributed by atoms with Crippen molar-refractivity contribution in [3.05, 3.63) is 59.2 Å². The lowest BCUT2D eigenvalue weighted by molar-refractivity contribution is -0.139. The fourth-order valence-electron chi connectivity index (χ4n) is 1.64. The summed E-state index contributed by atoms with van der Waals surface area (Å²) in [5.41, 5.74) is -0.875. The molecular weight excluding hydrogens is 288 g/mol. The van der Waals surface area contributed by atoms with Gasteiger partial charge in [0.15, 0.2) is 0 Å². The Hall–Kier alpha value is -2.62. The van der Waals surface area contributed by atoms with Crippen LogP contribution in [0, 0.1) is 17.1 Å². The van der Waals surface area contributed by atoms with Gasteiger partial charge in [-0.1, -0.05) is 0 Å². The second-order valence-electron chi connectivity index (χ2n) is 4.12. The van der Waals surface area contributed by atoms with Crippen molar-refractivity contribution in [2.24, 2.45) is 0 Å². The highest BCUT2D eigenvalue weighted by Crippen LogP contribution is 2.37. The number of alkyl halides is 3. The van der Waals surface area contributed by atoms with Crippen LogP contribution in [0.3, 0.4) is 0 Å². The van der Waals surface area contributed by atoms with Crippen LogP contribution in [0.25, 0.3) is 0 Å². The number of nitriles is 1. The first-order valence-corrected chi connectivity index (χ1v) is 5.74. The molecule has 0 saturated heterocycles. The minimum atomic E-state index is -4.65. The zero-order valence-electron chi connectivity index (χ0n) is 10.5. The summed E-state index contributed by atoms with van der Waals surface area (Å²) in [7, 11) is 0. The van der Waals surface area contributed by atoms with E-state index in [0.717, 1.165) is 18.3 Å². The van der Waals surface area contributed by atoms with Gasteiger partial charge < -0.3 is 4.74 Å². The Bertz CT molecular complexity index is 692. The Morgan fingerprint density at radius 1 is 1.19 bits per heavy atom. The van der Waals surface area contributed by atoms with Crippen LogP contribution in [-0.2, 0) is 12.8 Å². The van der Waals surface area contributed by atoms with Crippen LogP contribution in [0.4, 0.5) is 17.6 Å². The highest BCUT2D eigenvalue weighted by Gasteiger charge is 2.34. The molecule has 0 radical (unpaired) electrons. The van der Waals surface area contributed by atoms with Gasteiger partial charge in [-0.2, -0.15) is 18.4 Å². The Labute approximate surface area is 117 Å². The molecule has 7 heteroatoms. The fraction of sp³-hybridized carbons (Fsp3) is 0.143. The summed E-state index contributed by atoms with van der Waals surface area (Å²) in [5.74, 6) is -1.03. The van der Waals surface area contributed by atoms with Gasteiger partial charge in [0, 0.05) is 11.8 Å². The van der Waals surface area contributed by atoms with Gasteiger partial charge >= 0.3 is 6.18 Å². The van der Waals surface area contributed by atoms with E-state index >= 15 is 0 Å². The summed E-state index contributed by atoms with van der Waals surface area (Å²) in [6.07, 6.45) is -2.38. The van der Waals surface area contributed by atoms with Crippen LogP contribution >= 0.6 is 0 Å². The topological polar surface area (TPSA) is 45.9 Å². The van der Waals surface area contributed by atoms with Gasteiger partial charge in [0.1, 0.15) is 18.2 Å². The Morgan fingerprint density at radius 2 is 1.95 bits per heavy atom. The third-order valence-corrected chi connectivity index (χ3v) is 2.57. The summed E-state index contributed by atoms with van der Waals surface area (Å²) in [6, 6.07) is 5.74. The average molecular weight is 296 g/mol. The largest absolute Gasteiger partial charge is 0.488 e. The lowest BCUT2D eigenvalue weighted by atomic mass is 10.1. The van der Waals surface area contributed by atoms with E-state index in [1.807, 2.05) is 0 Å². The first-order chi connectivity index (χ1) is 9.90. The number of ether oxygens (including phenoxy) is 1. The number of hydrogen-bond donors (Lipinski definition) is 0. The molecule has 2 rings (SSSR count). The summed E-state index contributed by atoms with van der Waals surface area (Å²) >= 11 is 0. The first kappa shape index (κ1) is 14.8. The van der Waals surface area contributed by atoms with Crippen molar-refractivity contribution in [3.8, 4) is 11.8 Å². The van der Waals surface area contributed by atoms with Crippen LogP contribution in [0.15, 0.2) is 36.7 Å². The molecule has 1 aromatic carbocycles. The van der Waals surface area contributed by atoms with E-state index in [4.69, 9.17) is 10.00 Å². The molecule has 1 aromatic heterocycles. The fourth-order valence-corrected chi connectivity index (χ4v) is 1.64. The number of rotatable bonds is 3. The van der Waals surface area contributed by atoms with Crippen molar-refractivity contribution in [1.82, 2.24) is 4.98 Å². The van der Waals surface area contributed by atoms with Crippen molar-refractivity contribution in [2.75, 3.05) is 0 Å². The van der Waals surface area contributed by atoms with E-state index in [1.165, 1.54) is 12.3 Å². The number of benzene rings is 1. The average Bonchev–Trinajstić information content (AvgIpc) is 2.44. The second-order valence-corrected chi connectivity index (χ2v) is 4.12. The van der Waals surface area contributed by atoms with E-state index in [2.05, 4.69) is 4.98 Å². The lowest BCUT2D eigenvalue weighted by Crippen LogP contribution is -2.09. The molecule has 108 valence electrons. The molecular formula is C14H8F4N2O. The third-order valence-electron chi connectivity index (χ3n) is 2.57. The van der Waals surface area contributed by atoms with E-state index in [1.54, 1.807) is 6.07 Å². The SMILES string of the molecule is N#Cc1ccc(OCc2cncc(F)c2)c(C(F)(F)F)c1. The molecule has 0 unspecified atom stereocenters. The van der Waals surface area contributed by atoms with Crippen LogP contribution in [-0.4, -0.2) is 4.98 Å². The minimum absolute atomic E-state index is 0.123. The van der Waals surface area contributed by atoms with Crippen LogP contribution in [0.1, 0.15) is 16.7 Å². The number of pyridine rings is 1. The molecule has 21 heavy (non-hydrogen) atoms. The maximum Gasteiger partial charge on any atom is 0.420 e. The molecule has 0 N–H and O–H groups in total. The molecule has 1 heterocycles. The van der Waals surface area contributed by atoms with E-state index < -0.39 is 23.3 Å². The summed E-state index contributed by atoms with van der Waals surface area (Å²) in [5, 5.41) is 8.65. The smallest absolute Gasteiger partial charge is 0.420 e. The highest BCUT2D eigenvalue weighted by atomic mass is 19.4. The molecule has 0 spiro atoms. The Kier molecular flexibility index (Phi) is 4.08. The minimum Gasteiger partial charge on any atom is -0.488 e. The number of aromatic nitrogens is 1. The van der Waals surface area contributed by atoms with E-state index in [-0.39, 0.29) is 12.2 Å². The molecule has 3 nitrogen and oxygen atoms in total. The summed E-state index contributed by atoms with van der Waals surface area (Å²) in [4.78, 5) is 3.57. The van der Waals surface area contributed by atoms with E-state index in [9.17, 15) is 17.6 Å². The first-order valence-electron chi connectivity index (χ1n) is 5.74. The zero-order valence-corrected chi connectivity index (χ0v) is 10.5. The van der Waals surface area contributed by atoms with Gasteiger partial charge in [0.25, 0.3) is 0 Å². The molecule has 0 aliphatic carbocycles. The van der Waals surface area contributed by atoms with Crippen molar-refractivity contribution >= 4 is 0 Å². The number of halogens is 4. The maximum absolute atomic E-state index is 12.9. The van der Waals surface area contributed by atoms with Gasteiger partial charge in [-0.3, -0.25) is 4.98 Å². The lowest BCUT2D eigenvalue weighted by Gasteiger charge is -2.14. The maximum atomic E-state index is 12.9. The van der Waals surface area contributed by atoms with Gasteiger partial charge in [-0.15, -0.1) is 0 Å². The van der Waals surface area contributed by atoms with Crippen LogP contribution in [0.2, 0.25) is 0 Å². The Balaban J connectivity index is 2.26. The molecule has 0 aliphatic heterocycles. The normalized spacial score (nSPS) is 11.0. The molecule has 0 bridgehead atoms. The third kappa shape index (κ3) is 3.69. The second kappa shape index (κ2) is 5.79. The van der Waals surface area contributed by atoms with Gasteiger partial charge in [-0.05, 0) is 24.3 Å². The standard InChI is InChI=1S/C14H8F4N2O/c15-11-3-10(6-20-7-11)8-21-13-2-1-9(5-19)4-12(13)14(16,17)18/h1-4,6-7H,8H2. The molecule has 0 fully saturated rings. The summed E-state index contributed by atoms with van der Waals surface area (Å²) < 4.78 is 56.7. The van der Waals surface area contributed by atoms with E-state index in [0.29, 0.717) is 11.6 Å². The molecule has 0 atom stereocenters. The number of nitrogens with zero attached hydrogens (tertiary/aromatic N) is 2. The highest BCUT2D eigenvalue weighted by molar-refractivity contribution is 5.43. The quantitative estimate of drug-likeness (QED) is 0.811. The number of hydrogen-bond acceptors (Lipinski definition) is 3. The molecule has 2 aromatic rings. The van der Waals surface area contributed by atoms with Crippen molar-refractivity contribution in [2.45, 2.75) is 12.8 Å². The van der Waals surface area contributed by atoms with Crippen molar-refractivity contribution in [3.63, 3.8) is 0 Å². The van der Waals surface area contributed by atoms with Gasteiger partial charge in [0.2, 0.25) is 0 Å². The molecule has 0 saturated carbocycles. The van der Waals surface area contributed by atoms with Crippen molar-refractivity contribution < 1.29 is 22.3 Å². The molecule has 0 amide bonds.